The van der Waals surface area contributed by atoms with Crippen molar-refractivity contribution < 1.29 is 9.47 Å². The number of ether oxygens (including phenoxy) is 2. The highest BCUT2D eigenvalue weighted by Crippen LogP contribution is 2.32. The average Bonchev–Trinajstić information content (AvgIpc) is 2.05. The second kappa shape index (κ2) is 2.89. The van der Waals surface area contributed by atoms with Gasteiger partial charge in [-0.25, -0.2) is 0 Å². The van der Waals surface area contributed by atoms with Crippen molar-refractivity contribution in [2.45, 2.75) is 26.2 Å². The number of halogens is 1. The lowest BCUT2D eigenvalue weighted by molar-refractivity contribution is -0.180. The molecule has 1 heterocycles. The van der Waals surface area contributed by atoms with Crippen LogP contribution in [0.1, 0.15) is 19.4 Å². The van der Waals surface area contributed by atoms with Crippen molar-refractivity contribution >= 4 is 11.6 Å². The third kappa shape index (κ3) is 1.79. The molecule has 13 heavy (non-hydrogen) atoms. The molecular formula is C10H11ClO2. The van der Waals surface area contributed by atoms with E-state index in [4.69, 9.17) is 21.1 Å². The van der Waals surface area contributed by atoms with Crippen LogP contribution in [0.25, 0.3) is 0 Å². The topological polar surface area (TPSA) is 18.5 Å². The van der Waals surface area contributed by atoms with Gasteiger partial charge >= 0.3 is 0 Å². The maximum atomic E-state index is 5.84. The number of benzene rings is 1. The number of hydrogen-bond acceptors (Lipinski definition) is 2. The van der Waals surface area contributed by atoms with Gasteiger partial charge in [-0.05, 0) is 18.2 Å². The Morgan fingerprint density at radius 3 is 2.92 bits per heavy atom. The van der Waals surface area contributed by atoms with E-state index in [-0.39, 0.29) is 0 Å². The Morgan fingerprint density at radius 1 is 1.38 bits per heavy atom. The molecule has 0 fully saturated rings. The molecule has 0 radical (unpaired) electrons. The molecule has 0 aliphatic carbocycles. The van der Waals surface area contributed by atoms with E-state index >= 15 is 0 Å². The first kappa shape index (κ1) is 8.85. The third-order valence-electron chi connectivity index (χ3n) is 1.95. The molecule has 1 aliphatic heterocycles. The van der Waals surface area contributed by atoms with Gasteiger partial charge in [0.2, 0.25) is 5.79 Å². The first-order chi connectivity index (χ1) is 6.07. The average molecular weight is 199 g/mol. The van der Waals surface area contributed by atoms with E-state index in [0.717, 1.165) is 11.3 Å². The molecule has 0 atom stereocenters. The van der Waals surface area contributed by atoms with Crippen molar-refractivity contribution in [1.29, 1.82) is 0 Å². The van der Waals surface area contributed by atoms with Gasteiger partial charge in [0.15, 0.2) is 0 Å². The molecule has 2 rings (SSSR count). The monoisotopic (exact) mass is 198 g/mol. The minimum absolute atomic E-state index is 0.527. The van der Waals surface area contributed by atoms with Gasteiger partial charge < -0.3 is 9.47 Å². The molecule has 0 unspecified atom stereocenters. The molecule has 0 aromatic heterocycles. The lowest BCUT2D eigenvalue weighted by Gasteiger charge is -2.32. The van der Waals surface area contributed by atoms with Gasteiger partial charge in [0.25, 0.3) is 0 Å². The fraction of sp³-hybridized carbons (Fsp3) is 0.400. The fourth-order valence-corrected chi connectivity index (χ4v) is 1.50. The zero-order chi connectivity index (χ0) is 9.47. The summed E-state index contributed by atoms with van der Waals surface area (Å²) in [5.74, 6) is 0.335. The second-order valence-electron chi connectivity index (χ2n) is 3.54. The van der Waals surface area contributed by atoms with Crippen LogP contribution in [-0.4, -0.2) is 5.79 Å². The molecule has 1 aromatic carbocycles. The molecule has 1 aliphatic rings. The SMILES string of the molecule is CC1(C)OCc2cc(Cl)ccc2O1. The van der Waals surface area contributed by atoms with Crippen molar-refractivity contribution in [3.63, 3.8) is 0 Å². The summed E-state index contributed by atoms with van der Waals surface area (Å²) < 4.78 is 11.1. The summed E-state index contributed by atoms with van der Waals surface area (Å²) in [4.78, 5) is 0. The highest BCUT2D eigenvalue weighted by atomic mass is 35.5. The van der Waals surface area contributed by atoms with Crippen LogP contribution in [-0.2, 0) is 11.3 Å². The Kier molecular flexibility index (Phi) is 1.97. The summed E-state index contributed by atoms with van der Waals surface area (Å²) in [5.41, 5.74) is 1.01. The maximum Gasteiger partial charge on any atom is 0.205 e. The van der Waals surface area contributed by atoms with E-state index in [1.165, 1.54) is 0 Å². The molecule has 0 spiro atoms. The molecule has 0 N–H and O–H groups in total. The van der Waals surface area contributed by atoms with Gasteiger partial charge in [-0.3, -0.25) is 0 Å². The zero-order valence-corrected chi connectivity index (χ0v) is 8.39. The Labute approximate surface area is 82.4 Å². The predicted octanol–water partition coefficient (Wildman–Crippen LogP) is 2.99. The van der Waals surface area contributed by atoms with Crippen LogP contribution < -0.4 is 4.74 Å². The number of rotatable bonds is 0. The molecule has 70 valence electrons. The lowest BCUT2D eigenvalue weighted by atomic mass is 10.2. The molecule has 0 amide bonds. The van der Waals surface area contributed by atoms with Crippen molar-refractivity contribution in [2.24, 2.45) is 0 Å². The fourth-order valence-electron chi connectivity index (χ4n) is 1.31. The van der Waals surface area contributed by atoms with E-state index in [9.17, 15) is 0 Å². The lowest BCUT2D eigenvalue weighted by Crippen LogP contribution is -2.35. The maximum absolute atomic E-state index is 5.84. The normalized spacial score (nSPS) is 19.0. The summed E-state index contributed by atoms with van der Waals surface area (Å²) in [5, 5.41) is 0.714. The molecular weight excluding hydrogens is 188 g/mol. The summed E-state index contributed by atoms with van der Waals surface area (Å²) in [6, 6.07) is 5.57. The number of fused-ring (bicyclic) bond motifs is 1. The van der Waals surface area contributed by atoms with Gasteiger partial charge in [0, 0.05) is 24.4 Å². The largest absolute Gasteiger partial charge is 0.463 e. The Morgan fingerprint density at radius 2 is 2.15 bits per heavy atom. The summed E-state index contributed by atoms with van der Waals surface area (Å²) >= 11 is 5.84. The first-order valence-electron chi connectivity index (χ1n) is 4.18. The van der Waals surface area contributed by atoms with Crippen LogP contribution in [0.2, 0.25) is 5.02 Å². The van der Waals surface area contributed by atoms with E-state index in [2.05, 4.69) is 0 Å². The van der Waals surface area contributed by atoms with Crippen LogP contribution >= 0.6 is 11.6 Å². The summed E-state index contributed by atoms with van der Waals surface area (Å²) in [6.45, 7) is 4.35. The highest BCUT2D eigenvalue weighted by Gasteiger charge is 2.26. The number of hydrogen-bond donors (Lipinski definition) is 0. The molecule has 0 bridgehead atoms. The van der Waals surface area contributed by atoms with E-state index in [1.54, 1.807) is 0 Å². The van der Waals surface area contributed by atoms with Crippen molar-refractivity contribution in [3.8, 4) is 5.75 Å². The van der Waals surface area contributed by atoms with Crippen molar-refractivity contribution in [1.82, 2.24) is 0 Å². The molecule has 3 heteroatoms. The minimum Gasteiger partial charge on any atom is -0.463 e. The van der Waals surface area contributed by atoms with Gasteiger partial charge in [0.1, 0.15) is 5.75 Å². The predicted molar refractivity (Wildman–Crippen MR) is 50.9 cm³/mol. The minimum atomic E-state index is -0.527. The molecule has 0 saturated carbocycles. The zero-order valence-electron chi connectivity index (χ0n) is 7.63. The standard InChI is InChI=1S/C10H11ClO2/c1-10(2)12-6-7-5-8(11)3-4-9(7)13-10/h3-5H,6H2,1-2H3. The molecule has 2 nitrogen and oxygen atoms in total. The van der Waals surface area contributed by atoms with Crippen LogP contribution in [0.5, 0.6) is 5.75 Å². The first-order valence-corrected chi connectivity index (χ1v) is 4.56. The van der Waals surface area contributed by atoms with Gasteiger partial charge in [0.05, 0.1) is 6.61 Å². The molecule has 1 aromatic rings. The van der Waals surface area contributed by atoms with E-state index < -0.39 is 5.79 Å². The van der Waals surface area contributed by atoms with Crippen LogP contribution in [0.4, 0.5) is 0 Å². The Bertz CT molecular complexity index is 334. The Balaban J connectivity index is 2.37. The van der Waals surface area contributed by atoms with Crippen LogP contribution in [0.15, 0.2) is 18.2 Å². The van der Waals surface area contributed by atoms with Gasteiger partial charge in [-0.15, -0.1) is 0 Å². The highest BCUT2D eigenvalue weighted by molar-refractivity contribution is 6.30. The smallest absolute Gasteiger partial charge is 0.205 e. The van der Waals surface area contributed by atoms with E-state index in [1.807, 2.05) is 32.0 Å². The second-order valence-corrected chi connectivity index (χ2v) is 3.98. The van der Waals surface area contributed by atoms with Gasteiger partial charge in [-0.2, -0.15) is 0 Å². The third-order valence-corrected chi connectivity index (χ3v) is 2.19. The van der Waals surface area contributed by atoms with Gasteiger partial charge in [-0.1, -0.05) is 11.6 Å². The summed E-state index contributed by atoms with van der Waals surface area (Å²) in [7, 11) is 0. The van der Waals surface area contributed by atoms with Crippen molar-refractivity contribution in [3.05, 3.63) is 28.8 Å². The van der Waals surface area contributed by atoms with E-state index in [0.29, 0.717) is 11.6 Å². The molecule has 0 saturated heterocycles. The summed E-state index contributed by atoms with van der Waals surface area (Å²) in [6.07, 6.45) is 0. The quantitative estimate of drug-likeness (QED) is 0.638. The van der Waals surface area contributed by atoms with Crippen LogP contribution in [0, 0.1) is 0 Å². The van der Waals surface area contributed by atoms with Crippen molar-refractivity contribution in [2.75, 3.05) is 0 Å². The van der Waals surface area contributed by atoms with Crippen LogP contribution in [0.3, 0.4) is 0 Å². The Hall–Kier alpha value is -0.730.